The van der Waals surface area contributed by atoms with Gasteiger partial charge in [-0.3, -0.25) is 9.48 Å². The highest BCUT2D eigenvalue weighted by molar-refractivity contribution is 5.95. The molecule has 0 bridgehead atoms. The molecule has 1 aliphatic heterocycles. The molecule has 4 nitrogen and oxygen atoms in total. The van der Waals surface area contributed by atoms with Gasteiger partial charge >= 0.3 is 6.18 Å². The van der Waals surface area contributed by atoms with Crippen molar-refractivity contribution in [3.63, 3.8) is 0 Å². The van der Waals surface area contributed by atoms with Crippen molar-refractivity contribution in [1.82, 2.24) is 14.7 Å². The van der Waals surface area contributed by atoms with E-state index in [1.807, 2.05) is 13.8 Å². The van der Waals surface area contributed by atoms with Crippen LogP contribution in [-0.2, 0) is 12.7 Å². The number of halogens is 3. The summed E-state index contributed by atoms with van der Waals surface area (Å²) in [7, 11) is 0. The lowest BCUT2D eigenvalue weighted by Crippen LogP contribution is -2.36. The van der Waals surface area contributed by atoms with E-state index in [9.17, 15) is 18.0 Å². The lowest BCUT2D eigenvalue weighted by Gasteiger charge is -2.24. The molecule has 0 saturated carbocycles. The number of amides is 1. The highest BCUT2D eigenvalue weighted by atomic mass is 19.4. The standard InChI is InChI=1S/C14H20F3N3O/c1-4-10-6-7-19(9(10)3)13(21)11-8-18-20(5-2)12(11)14(15,16)17/h8-10H,4-7H2,1-3H3/t9-,10+/m0/s1. The van der Waals surface area contributed by atoms with Gasteiger partial charge in [0.25, 0.3) is 5.91 Å². The van der Waals surface area contributed by atoms with Gasteiger partial charge in [0.1, 0.15) is 0 Å². The Morgan fingerprint density at radius 3 is 2.57 bits per heavy atom. The van der Waals surface area contributed by atoms with E-state index in [1.54, 1.807) is 11.8 Å². The Labute approximate surface area is 121 Å². The highest BCUT2D eigenvalue weighted by Crippen LogP contribution is 2.34. The van der Waals surface area contributed by atoms with E-state index in [0.29, 0.717) is 12.5 Å². The van der Waals surface area contributed by atoms with E-state index in [1.165, 1.54) is 0 Å². The van der Waals surface area contributed by atoms with Crippen LogP contribution in [0.1, 0.15) is 49.7 Å². The van der Waals surface area contributed by atoms with Gasteiger partial charge in [0.2, 0.25) is 0 Å². The monoisotopic (exact) mass is 303 g/mol. The first-order valence-electron chi connectivity index (χ1n) is 7.25. The van der Waals surface area contributed by atoms with Gasteiger partial charge in [-0.2, -0.15) is 18.3 Å². The van der Waals surface area contributed by atoms with Crippen LogP contribution in [0.3, 0.4) is 0 Å². The SMILES string of the molecule is CC[C@@H]1CCN(C(=O)c2cnn(CC)c2C(F)(F)F)[C@H]1C. The fourth-order valence-electron chi connectivity index (χ4n) is 3.07. The molecule has 1 fully saturated rings. The number of aromatic nitrogens is 2. The fraction of sp³-hybridized carbons (Fsp3) is 0.714. The Bertz CT molecular complexity index is 524. The summed E-state index contributed by atoms with van der Waals surface area (Å²) in [5.74, 6) is -0.213. The van der Waals surface area contributed by atoms with Crippen LogP contribution in [0.2, 0.25) is 0 Å². The first-order valence-corrected chi connectivity index (χ1v) is 7.25. The zero-order valence-electron chi connectivity index (χ0n) is 12.4. The minimum atomic E-state index is -4.58. The topological polar surface area (TPSA) is 38.1 Å². The average molecular weight is 303 g/mol. The number of aryl methyl sites for hydroxylation is 1. The van der Waals surface area contributed by atoms with Crippen LogP contribution in [0.5, 0.6) is 0 Å². The Morgan fingerprint density at radius 1 is 1.43 bits per heavy atom. The predicted molar refractivity (Wildman–Crippen MR) is 71.8 cm³/mol. The van der Waals surface area contributed by atoms with Crippen LogP contribution in [0.4, 0.5) is 13.2 Å². The number of hydrogen-bond donors (Lipinski definition) is 0. The van der Waals surface area contributed by atoms with Crippen molar-refractivity contribution >= 4 is 5.91 Å². The lowest BCUT2D eigenvalue weighted by molar-refractivity contribution is -0.144. The van der Waals surface area contributed by atoms with E-state index < -0.39 is 17.8 Å². The maximum Gasteiger partial charge on any atom is 0.433 e. The summed E-state index contributed by atoms with van der Waals surface area (Å²) < 4.78 is 40.4. The summed E-state index contributed by atoms with van der Waals surface area (Å²) in [5.41, 5.74) is -1.28. The second-order valence-electron chi connectivity index (χ2n) is 5.42. The van der Waals surface area contributed by atoms with Gasteiger partial charge < -0.3 is 4.90 Å². The van der Waals surface area contributed by atoms with Crippen molar-refractivity contribution in [3.8, 4) is 0 Å². The summed E-state index contributed by atoms with van der Waals surface area (Å²) >= 11 is 0. The van der Waals surface area contributed by atoms with E-state index in [-0.39, 0.29) is 18.2 Å². The second-order valence-corrected chi connectivity index (χ2v) is 5.42. The molecule has 2 heterocycles. The largest absolute Gasteiger partial charge is 0.433 e. The Balaban J connectivity index is 2.35. The summed E-state index contributed by atoms with van der Waals surface area (Å²) in [5, 5.41) is 3.71. The van der Waals surface area contributed by atoms with Crippen molar-refractivity contribution in [2.45, 2.75) is 52.4 Å². The maximum absolute atomic E-state index is 13.2. The minimum Gasteiger partial charge on any atom is -0.336 e. The number of carbonyl (C=O) groups excluding carboxylic acids is 1. The maximum atomic E-state index is 13.2. The number of nitrogens with zero attached hydrogens (tertiary/aromatic N) is 3. The van der Waals surface area contributed by atoms with Crippen molar-refractivity contribution in [1.29, 1.82) is 0 Å². The van der Waals surface area contributed by atoms with E-state index in [0.717, 1.165) is 23.7 Å². The van der Waals surface area contributed by atoms with Gasteiger partial charge in [-0.15, -0.1) is 0 Å². The molecule has 1 amide bonds. The molecule has 1 saturated heterocycles. The molecule has 1 aliphatic rings. The summed E-state index contributed by atoms with van der Waals surface area (Å²) in [6.07, 6.45) is -1.77. The van der Waals surface area contributed by atoms with Gasteiger partial charge in [-0.25, -0.2) is 0 Å². The summed E-state index contributed by atoms with van der Waals surface area (Å²) in [6.45, 7) is 6.09. The van der Waals surface area contributed by atoms with Crippen LogP contribution in [-0.4, -0.2) is 33.2 Å². The number of rotatable bonds is 3. The molecule has 1 aromatic heterocycles. The first kappa shape index (κ1) is 15.9. The minimum absolute atomic E-state index is 0.0337. The fourth-order valence-corrected chi connectivity index (χ4v) is 3.07. The zero-order chi connectivity index (χ0) is 15.8. The van der Waals surface area contributed by atoms with Crippen LogP contribution < -0.4 is 0 Å². The number of likely N-dealkylation sites (tertiary alicyclic amines) is 1. The van der Waals surface area contributed by atoms with Crippen molar-refractivity contribution in [3.05, 3.63) is 17.5 Å². The van der Waals surface area contributed by atoms with Crippen molar-refractivity contribution < 1.29 is 18.0 Å². The molecule has 0 aliphatic carbocycles. The molecule has 0 N–H and O–H groups in total. The molecule has 118 valence electrons. The van der Waals surface area contributed by atoms with Gasteiger partial charge in [0, 0.05) is 19.1 Å². The molecule has 21 heavy (non-hydrogen) atoms. The van der Waals surface area contributed by atoms with Crippen LogP contribution in [0, 0.1) is 5.92 Å². The molecule has 0 unspecified atom stereocenters. The highest BCUT2D eigenvalue weighted by Gasteiger charge is 2.42. The van der Waals surface area contributed by atoms with E-state index >= 15 is 0 Å². The van der Waals surface area contributed by atoms with E-state index in [2.05, 4.69) is 5.10 Å². The molecular weight excluding hydrogens is 283 g/mol. The normalized spacial score (nSPS) is 22.9. The molecule has 0 spiro atoms. The molecule has 7 heteroatoms. The summed E-state index contributed by atoms with van der Waals surface area (Å²) in [6, 6.07) is -0.0337. The van der Waals surface area contributed by atoms with Gasteiger partial charge in [0.05, 0.1) is 11.8 Å². The van der Waals surface area contributed by atoms with Gasteiger partial charge in [-0.05, 0) is 26.2 Å². The third kappa shape index (κ3) is 2.78. The van der Waals surface area contributed by atoms with Gasteiger partial charge in [-0.1, -0.05) is 13.3 Å². The van der Waals surface area contributed by atoms with E-state index in [4.69, 9.17) is 0 Å². The first-order chi connectivity index (χ1) is 9.81. The van der Waals surface area contributed by atoms with Crippen LogP contribution >= 0.6 is 0 Å². The number of alkyl halides is 3. The molecule has 2 rings (SSSR count). The Hall–Kier alpha value is -1.53. The zero-order valence-corrected chi connectivity index (χ0v) is 12.4. The number of carbonyl (C=O) groups is 1. The van der Waals surface area contributed by atoms with Crippen molar-refractivity contribution in [2.75, 3.05) is 6.54 Å². The molecule has 0 radical (unpaired) electrons. The van der Waals surface area contributed by atoms with Gasteiger partial charge in [0.15, 0.2) is 5.69 Å². The smallest absolute Gasteiger partial charge is 0.336 e. The number of hydrogen-bond acceptors (Lipinski definition) is 2. The second kappa shape index (κ2) is 5.69. The quantitative estimate of drug-likeness (QED) is 0.860. The Morgan fingerprint density at radius 2 is 2.10 bits per heavy atom. The van der Waals surface area contributed by atoms with Crippen LogP contribution in [0.25, 0.3) is 0 Å². The van der Waals surface area contributed by atoms with Crippen molar-refractivity contribution in [2.24, 2.45) is 5.92 Å². The van der Waals surface area contributed by atoms with Crippen LogP contribution in [0.15, 0.2) is 6.20 Å². The molecule has 0 aromatic carbocycles. The average Bonchev–Trinajstić information content (AvgIpc) is 3.00. The molecule has 2 atom stereocenters. The lowest BCUT2D eigenvalue weighted by atomic mass is 9.99. The third-order valence-corrected chi connectivity index (χ3v) is 4.34. The third-order valence-electron chi connectivity index (χ3n) is 4.34. The summed E-state index contributed by atoms with van der Waals surface area (Å²) in [4.78, 5) is 14.0. The molecule has 1 aromatic rings. The Kier molecular flexibility index (Phi) is 4.30. The predicted octanol–water partition coefficient (Wildman–Crippen LogP) is 3.18. The molecular formula is C14H20F3N3O.